The highest BCUT2D eigenvalue weighted by atomic mass is 15.2. The zero-order valence-corrected chi connectivity index (χ0v) is 10.8. The number of hydrogen-bond donors (Lipinski definition) is 1. The van der Waals surface area contributed by atoms with E-state index < -0.39 is 0 Å². The van der Waals surface area contributed by atoms with Crippen molar-refractivity contribution in [2.45, 2.75) is 32.9 Å². The maximum Gasteiger partial charge on any atom is 0.115 e. The van der Waals surface area contributed by atoms with Crippen LogP contribution >= 0.6 is 0 Å². The van der Waals surface area contributed by atoms with E-state index in [2.05, 4.69) is 34.0 Å². The summed E-state index contributed by atoms with van der Waals surface area (Å²) < 4.78 is 0. The van der Waals surface area contributed by atoms with E-state index in [1.54, 1.807) is 6.33 Å². The minimum Gasteiger partial charge on any atom is -0.312 e. The molecule has 1 atom stereocenters. The molecular formula is C13H22N4. The zero-order chi connectivity index (χ0) is 12.1. The minimum absolute atomic E-state index is 0.597. The lowest BCUT2D eigenvalue weighted by atomic mass is 10.0. The van der Waals surface area contributed by atoms with E-state index in [1.807, 2.05) is 12.3 Å². The Kier molecular flexibility index (Phi) is 4.45. The summed E-state index contributed by atoms with van der Waals surface area (Å²) in [5.74, 6) is 0.681. The molecule has 0 amide bonds. The number of rotatable bonds is 3. The van der Waals surface area contributed by atoms with Crippen LogP contribution in [0.5, 0.6) is 0 Å². The average Bonchev–Trinajstić information content (AvgIpc) is 2.56. The van der Waals surface area contributed by atoms with Gasteiger partial charge in [0.1, 0.15) is 6.33 Å². The van der Waals surface area contributed by atoms with Crippen molar-refractivity contribution >= 4 is 0 Å². The molecule has 1 fully saturated rings. The van der Waals surface area contributed by atoms with Gasteiger partial charge >= 0.3 is 0 Å². The van der Waals surface area contributed by atoms with Crippen molar-refractivity contribution in [3.05, 3.63) is 24.3 Å². The summed E-state index contributed by atoms with van der Waals surface area (Å²) >= 11 is 0. The smallest absolute Gasteiger partial charge is 0.115 e. The number of nitrogens with one attached hydrogen (secondary N) is 1. The molecule has 1 aromatic heterocycles. The second-order valence-corrected chi connectivity index (χ2v) is 5.09. The van der Waals surface area contributed by atoms with Crippen LogP contribution in [0.25, 0.3) is 0 Å². The van der Waals surface area contributed by atoms with E-state index in [4.69, 9.17) is 0 Å². The molecule has 0 saturated carbocycles. The monoisotopic (exact) mass is 234 g/mol. The molecule has 1 aliphatic rings. The van der Waals surface area contributed by atoms with Crippen molar-refractivity contribution in [1.82, 2.24) is 20.2 Å². The lowest BCUT2D eigenvalue weighted by Crippen LogP contribution is -2.41. The Balaban J connectivity index is 1.95. The maximum atomic E-state index is 4.30. The van der Waals surface area contributed by atoms with Gasteiger partial charge in [-0.2, -0.15) is 0 Å². The summed E-state index contributed by atoms with van der Waals surface area (Å²) in [5, 5.41) is 3.62. The highest BCUT2D eigenvalue weighted by Gasteiger charge is 2.20. The van der Waals surface area contributed by atoms with Gasteiger partial charge < -0.3 is 5.32 Å². The Labute approximate surface area is 103 Å². The van der Waals surface area contributed by atoms with Crippen LogP contribution < -0.4 is 5.32 Å². The Morgan fingerprint density at radius 2 is 2.41 bits per heavy atom. The van der Waals surface area contributed by atoms with Crippen molar-refractivity contribution in [3.63, 3.8) is 0 Å². The van der Waals surface area contributed by atoms with E-state index in [1.165, 1.54) is 6.42 Å². The van der Waals surface area contributed by atoms with Gasteiger partial charge in [-0.05, 0) is 31.5 Å². The summed E-state index contributed by atoms with van der Waals surface area (Å²) in [7, 11) is 0. The van der Waals surface area contributed by atoms with Gasteiger partial charge in [0, 0.05) is 25.3 Å². The summed E-state index contributed by atoms with van der Waals surface area (Å²) in [4.78, 5) is 10.8. The van der Waals surface area contributed by atoms with E-state index >= 15 is 0 Å². The molecule has 4 heteroatoms. The van der Waals surface area contributed by atoms with Crippen LogP contribution in [-0.4, -0.2) is 40.5 Å². The van der Waals surface area contributed by atoms with Crippen LogP contribution in [0.2, 0.25) is 0 Å². The van der Waals surface area contributed by atoms with Crippen LogP contribution in [0.1, 0.15) is 26.0 Å². The molecule has 17 heavy (non-hydrogen) atoms. The highest BCUT2D eigenvalue weighted by Crippen LogP contribution is 2.10. The molecule has 1 aliphatic heterocycles. The van der Waals surface area contributed by atoms with E-state index in [0.717, 1.165) is 31.9 Å². The lowest BCUT2D eigenvalue weighted by Gasteiger charge is -2.26. The molecule has 2 rings (SSSR count). The summed E-state index contributed by atoms with van der Waals surface area (Å²) in [6.07, 6.45) is 4.66. The Morgan fingerprint density at radius 3 is 3.12 bits per heavy atom. The summed E-state index contributed by atoms with van der Waals surface area (Å²) in [6, 6.07) is 2.60. The first kappa shape index (κ1) is 12.5. The van der Waals surface area contributed by atoms with Gasteiger partial charge in [-0.1, -0.05) is 13.8 Å². The van der Waals surface area contributed by atoms with Gasteiger partial charge in [0.15, 0.2) is 0 Å². The summed E-state index contributed by atoms with van der Waals surface area (Å²) in [5.41, 5.74) is 1.12. The molecular weight excluding hydrogens is 212 g/mol. The molecule has 0 spiro atoms. The molecule has 4 nitrogen and oxygen atoms in total. The molecule has 94 valence electrons. The molecule has 1 saturated heterocycles. The Hall–Kier alpha value is -1.00. The standard InChI is InChI=1S/C13H22N4/c1-11(2)13-9-17(7-3-5-15-13)8-12-4-6-14-10-16-12/h4,6,10-11,13,15H,3,5,7-9H2,1-2H3. The topological polar surface area (TPSA) is 41.1 Å². The molecule has 0 aliphatic carbocycles. The number of nitrogens with zero attached hydrogens (tertiary/aromatic N) is 3. The van der Waals surface area contributed by atoms with Gasteiger partial charge in [0.25, 0.3) is 0 Å². The predicted octanol–water partition coefficient (Wildman–Crippen LogP) is 1.30. The van der Waals surface area contributed by atoms with Crippen LogP contribution in [-0.2, 0) is 6.54 Å². The van der Waals surface area contributed by atoms with Crippen LogP contribution in [0.15, 0.2) is 18.6 Å². The Bertz CT molecular complexity index is 325. The van der Waals surface area contributed by atoms with Crippen molar-refractivity contribution in [3.8, 4) is 0 Å². The van der Waals surface area contributed by atoms with E-state index in [-0.39, 0.29) is 0 Å². The second kappa shape index (κ2) is 6.07. The van der Waals surface area contributed by atoms with Gasteiger partial charge in [-0.25, -0.2) is 9.97 Å². The largest absolute Gasteiger partial charge is 0.312 e. The van der Waals surface area contributed by atoms with Crippen LogP contribution in [0, 0.1) is 5.92 Å². The highest BCUT2D eigenvalue weighted by molar-refractivity contribution is 4.98. The van der Waals surface area contributed by atoms with E-state index in [9.17, 15) is 0 Å². The average molecular weight is 234 g/mol. The molecule has 0 bridgehead atoms. The lowest BCUT2D eigenvalue weighted by molar-refractivity contribution is 0.236. The van der Waals surface area contributed by atoms with Crippen molar-refractivity contribution < 1.29 is 0 Å². The fraction of sp³-hybridized carbons (Fsp3) is 0.692. The van der Waals surface area contributed by atoms with Crippen molar-refractivity contribution in [1.29, 1.82) is 0 Å². The first-order chi connectivity index (χ1) is 8.25. The third-order valence-electron chi connectivity index (χ3n) is 3.35. The predicted molar refractivity (Wildman–Crippen MR) is 68.6 cm³/mol. The molecule has 1 aromatic rings. The quantitative estimate of drug-likeness (QED) is 0.856. The number of aromatic nitrogens is 2. The third-order valence-corrected chi connectivity index (χ3v) is 3.35. The molecule has 1 unspecified atom stereocenters. The molecule has 2 heterocycles. The Morgan fingerprint density at radius 1 is 1.53 bits per heavy atom. The first-order valence-electron chi connectivity index (χ1n) is 6.46. The normalized spacial score (nSPS) is 22.6. The van der Waals surface area contributed by atoms with Crippen molar-refractivity contribution in [2.75, 3.05) is 19.6 Å². The SMILES string of the molecule is CC(C)C1CN(Cc2ccncn2)CCCN1. The minimum atomic E-state index is 0.597. The number of hydrogen-bond acceptors (Lipinski definition) is 4. The van der Waals surface area contributed by atoms with Gasteiger partial charge in [0.05, 0.1) is 5.69 Å². The zero-order valence-electron chi connectivity index (χ0n) is 10.8. The van der Waals surface area contributed by atoms with Crippen LogP contribution in [0.3, 0.4) is 0 Å². The molecule has 0 radical (unpaired) electrons. The van der Waals surface area contributed by atoms with Crippen LogP contribution in [0.4, 0.5) is 0 Å². The second-order valence-electron chi connectivity index (χ2n) is 5.09. The van der Waals surface area contributed by atoms with Gasteiger partial charge in [-0.15, -0.1) is 0 Å². The van der Waals surface area contributed by atoms with Crippen molar-refractivity contribution in [2.24, 2.45) is 5.92 Å². The molecule has 0 aromatic carbocycles. The maximum absolute atomic E-state index is 4.30. The van der Waals surface area contributed by atoms with Gasteiger partial charge in [0.2, 0.25) is 0 Å². The first-order valence-corrected chi connectivity index (χ1v) is 6.46. The van der Waals surface area contributed by atoms with E-state index in [0.29, 0.717) is 12.0 Å². The fourth-order valence-corrected chi connectivity index (χ4v) is 2.25. The van der Waals surface area contributed by atoms with Gasteiger partial charge in [-0.3, -0.25) is 4.90 Å². The third kappa shape index (κ3) is 3.75. The molecule has 1 N–H and O–H groups in total. The summed E-state index contributed by atoms with van der Waals surface area (Å²) in [6.45, 7) is 8.90. The fourth-order valence-electron chi connectivity index (χ4n) is 2.25.